The molecule has 1 aliphatic carbocycles. The minimum atomic E-state index is -3.32. The number of benzene rings is 2. The average molecular weight is 455 g/mol. The SMILES string of the molecule is CS(=O)(=O)c1ccc(C(=O)N2CCCN(C(=O)c3ccc4c(c3)CCCC4=O)CC2)cc1. The predicted octanol–water partition coefficient (Wildman–Crippen LogP) is 2.60. The molecule has 1 heterocycles. The van der Waals surface area contributed by atoms with E-state index in [-0.39, 0.29) is 22.5 Å². The largest absolute Gasteiger partial charge is 0.337 e. The summed E-state index contributed by atoms with van der Waals surface area (Å²) in [6.07, 6.45) is 3.97. The summed E-state index contributed by atoms with van der Waals surface area (Å²) < 4.78 is 23.2. The summed E-state index contributed by atoms with van der Waals surface area (Å²) in [7, 11) is -3.32. The maximum Gasteiger partial charge on any atom is 0.253 e. The van der Waals surface area contributed by atoms with E-state index >= 15 is 0 Å². The molecule has 168 valence electrons. The van der Waals surface area contributed by atoms with Crippen LogP contribution in [0.25, 0.3) is 0 Å². The fraction of sp³-hybridized carbons (Fsp3) is 0.375. The van der Waals surface area contributed by atoms with Crippen LogP contribution in [0.2, 0.25) is 0 Å². The number of carbonyl (C=O) groups is 3. The molecule has 1 saturated heterocycles. The molecule has 0 bridgehead atoms. The second kappa shape index (κ2) is 8.86. The number of hydrogen-bond donors (Lipinski definition) is 0. The minimum absolute atomic E-state index is 0.0855. The molecular weight excluding hydrogens is 428 g/mol. The van der Waals surface area contributed by atoms with Crippen LogP contribution in [0.5, 0.6) is 0 Å². The summed E-state index contributed by atoms with van der Waals surface area (Å²) in [4.78, 5) is 41.6. The Labute approximate surface area is 187 Å². The standard InChI is InChI=1S/C24H26N2O5S/c1-32(30,31)20-9-6-17(7-10-20)23(28)25-12-3-13-26(15-14-25)24(29)19-8-11-21-18(16-19)4-2-5-22(21)27/h6-11,16H,2-5,12-15H2,1H3. The molecular formula is C24H26N2O5S. The molecule has 7 nitrogen and oxygen atoms in total. The first-order valence-electron chi connectivity index (χ1n) is 10.8. The van der Waals surface area contributed by atoms with E-state index in [1.54, 1.807) is 21.9 Å². The highest BCUT2D eigenvalue weighted by Crippen LogP contribution is 2.23. The van der Waals surface area contributed by atoms with Crippen LogP contribution in [0.1, 0.15) is 55.9 Å². The molecule has 0 radical (unpaired) electrons. The van der Waals surface area contributed by atoms with Gasteiger partial charge in [0.05, 0.1) is 4.90 Å². The van der Waals surface area contributed by atoms with Gasteiger partial charge in [0, 0.05) is 55.5 Å². The lowest BCUT2D eigenvalue weighted by Crippen LogP contribution is -2.37. The van der Waals surface area contributed by atoms with Crippen molar-refractivity contribution >= 4 is 27.4 Å². The van der Waals surface area contributed by atoms with Crippen molar-refractivity contribution in [3.63, 3.8) is 0 Å². The summed E-state index contributed by atoms with van der Waals surface area (Å²) in [5.41, 5.74) is 2.67. The van der Waals surface area contributed by atoms with Gasteiger partial charge in [0.25, 0.3) is 11.8 Å². The van der Waals surface area contributed by atoms with Crippen LogP contribution in [0.15, 0.2) is 47.4 Å². The van der Waals surface area contributed by atoms with Crippen LogP contribution in [0.4, 0.5) is 0 Å². The van der Waals surface area contributed by atoms with Crippen LogP contribution < -0.4 is 0 Å². The molecule has 2 amide bonds. The first-order chi connectivity index (χ1) is 15.2. The number of carbonyl (C=O) groups excluding carboxylic acids is 3. The number of amides is 2. The van der Waals surface area contributed by atoms with Gasteiger partial charge in [-0.1, -0.05) is 6.07 Å². The van der Waals surface area contributed by atoms with Crippen molar-refractivity contribution in [1.82, 2.24) is 9.80 Å². The van der Waals surface area contributed by atoms with E-state index in [0.29, 0.717) is 50.1 Å². The Morgan fingerprint density at radius 3 is 2.00 bits per heavy atom. The maximum absolute atomic E-state index is 13.1. The number of nitrogens with zero attached hydrogens (tertiary/aromatic N) is 2. The lowest BCUT2D eigenvalue weighted by Gasteiger charge is -2.23. The van der Waals surface area contributed by atoms with Gasteiger partial charge in [0.2, 0.25) is 0 Å². The third-order valence-electron chi connectivity index (χ3n) is 6.10. The van der Waals surface area contributed by atoms with Gasteiger partial charge in [-0.3, -0.25) is 14.4 Å². The highest BCUT2D eigenvalue weighted by molar-refractivity contribution is 7.90. The second-order valence-electron chi connectivity index (χ2n) is 8.38. The number of aryl methyl sites for hydroxylation is 1. The summed E-state index contributed by atoms with van der Waals surface area (Å²) in [5, 5.41) is 0. The summed E-state index contributed by atoms with van der Waals surface area (Å²) >= 11 is 0. The molecule has 8 heteroatoms. The molecule has 2 aromatic rings. The Morgan fingerprint density at radius 2 is 1.38 bits per heavy atom. The van der Waals surface area contributed by atoms with Gasteiger partial charge in [-0.25, -0.2) is 8.42 Å². The molecule has 1 aliphatic heterocycles. The molecule has 0 spiro atoms. The van der Waals surface area contributed by atoms with E-state index in [9.17, 15) is 22.8 Å². The fourth-order valence-electron chi connectivity index (χ4n) is 4.31. The Hall–Kier alpha value is -3.00. The molecule has 0 atom stereocenters. The molecule has 0 aromatic heterocycles. The van der Waals surface area contributed by atoms with E-state index in [4.69, 9.17) is 0 Å². The third-order valence-corrected chi connectivity index (χ3v) is 7.23. The van der Waals surface area contributed by atoms with Crippen molar-refractivity contribution in [1.29, 1.82) is 0 Å². The van der Waals surface area contributed by atoms with Gasteiger partial charge >= 0.3 is 0 Å². The number of sulfone groups is 1. The van der Waals surface area contributed by atoms with Crippen molar-refractivity contribution in [2.24, 2.45) is 0 Å². The molecule has 0 unspecified atom stereocenters. The fourth-order valence-corrected chi connectivity index (χ4v) is 4.94. The zero-order valence-electron chi connectivity index (χ0n) is 18.0. The van der Waals surface area contributed by atoms with Crippen LogP contribution >= 0.6 is 0 Å². The predicted molar refractivity (Wildman–Crippen MR) is 120 cm³/mol. The number of ketones is 1. The molecule has 2 aliphatic rings. The van der Waals surface area contributed by atoms with Gasteiger partial charge in [-0.05, 0) is 61.2 Å². The van der Waals surface area contributed by atoms with Gasteiger partial charge < -0.3 is 9.80 Å². The maximum atomic E-state index is 13.1. The van der Waals surface area contributed by atoms with Gasteiger partial charge in [0.1, 0.15) is 0 Å². The Bertz CT molecular complexity index is 1170. The monoisotopic (exact) mass is 454 g/mol. The molecule has 0 saturated carbocycles. The first-order valence-corrected chi connectivity index (χ1v) is 12.7. The van der Waals surface area contributed by atoms with Gasteiger partial charge in [-0.15, -0.1) is 0 Å². The normalized spacial score (nSPS) is 17.0. The summed E-state index contributed by atoms with van der Waals surface area (Å²) in [6.45, 7) is 1.89. The molecule has 2 aromatic carbocycles. The number of hydrogen-bond acceptors (Lipinski definition) is 5. The zero-order valence-corrected chi connectivity index (χ0v) is 18.9. The number of fused-ring (bicyclic) bond motifs is 1. The molecule has 1 fully saturated rings. The number of rotatable bonds is 3. The number of Topliss-reactive ketones (excluding diaryl/α,β-unsaturated/α-hetero) is 1. The van der Waals surface area contributed by atoms with Crippen LogP contribution in [0.3, 0.4) is 0 Å². The smallest absolute Gasteiger partial charge is 0.253 e. The van der Waals surface area contributed by atoms with Crippen molar-refractivity contribution in [3.05, 3.63) is 64.7 Å². The minimum Gasteiger partial charge on any atom is -0.337 e. The van der Waals surface area contributed by atoms with Crippen molar-refractivity contribution in [3.8, 4) is 0 Å². The lowest BCUT2D eigenvalue weighted by molar-refractivity contribution is 0.0718. The highest BCUT2D eigenvalue weighted by Gasteiger charge is 2.25. The first kappa shape index (κ1) is 22.2. The highest BCUT2D eigenvalue weighted by atomic mass is 32.2. The van der Waals surface area contributed by atoms with Gasteiger partial charge in [0.15, 0.2) is 15.6 Å². The van der Waals surface area contributed by atoms with E-state index in [1.807, 2.05) is 6.07 Å². The van der Waals surface area contributed by atoms with E-state index in [0.717, 1.165) is 30.2 Å². The van der Waals surface area contributed by atoms with Crippen LogP contribution in [-0.2, 0) is 16.3 Å². The average Bonchev–Trinajstić information content (AvgIpc) is 3.04. The molecule has 32 heavy (non-hydrogen) atoms. The second-order valence-corrected chi connectivity index (χ2v) is 10.4. The topological polar surface area (TPSA) is 91.8 Å². The van der Waals surface area contributed by atoms with E-state index in [2.05, 4.69) is 0 Å². The van der Waals surface area contributed by atoms with Gasteiger partial charge in [-0.2, -0.15) is 0 Å². The summed E-state index contributed by atoms with van der Waals surface area (Å²) in [5.74, 6) is -0.122. The molecule has 0 N–H and O–H groups in total. The van der Waals surface area contributed by atoms with E-state index < -0.39 is 9.84 Å². The lowest BCUT2D eigenvalue weighted by atomic mass is 9.89. The summed E-state index contributed by atoms with van der Waals surface area (Å²) in [6, 6.07) is 11.3. The van der Waals surface area contributed by atoms with Crippen molar-refractivity contribution in [2.45, 2.75) is 30.6 Å². The van der Waals surface area contributed by atoms with Crippen molar-refractivity contribution < 1.29 is 22.8 Å². The van der Waals surface area contributed by atoms with Crippen LogP contribution in [0, 0.1) is 0 Å². The van der Waals surface area contributed by atoms with Crippen molar-refractivity contribution in [2.75, 3.05) is 32.4 Å². The third kappa shape index (κ3) is 4.60. The Kier molecular flexibility index (Phi) is 6.15. The van der Waals surface area contributed by atoms with Crippen LogP contribution in [-0.4, -0.2) is 68.3 Å². The zero-order chi connectivity index (χ0) is 22.9. The van der Waals surface area contributed by atoms with E-state index in [1.165, 1.54) is 24.3 Å². The Balaban J connectivity index is 1.43. The Morgan fingerprint density at radius 1 is 0.781 bits per heavy atom. The molecule has 4 rings (SSSR count). The quantitative estimate of drug-likeness (QED) is 0.711.